The lowest BCUT2D eigenvalue weighted by Crippen LogP contribution is -1.70. The average Bonchev–Trinajstić information content (AvgIpc) is 1.69. The van der Waals surface area contributed by atoms with Gasteiger partial charge in [-0.2, -0.15) is 0 Å². The summed E-state index contributed by atoms with van der Waals surface area (Å²) in [7, 11) is 0. The minimum Gasteiger partial charge on any atom is -0.398 e. The maximum Gasteiger partial charge on any atom is 0.0368 e. The van der Waals surface area contributed by atoms with Gasteiger partial charge < -0.3 is 11.1 Å². The van der Waals surface area contributed by atoms with Gasteiger partial charge in [0.25, 0.3) is 0 Å². The van der Waals surface area contributed by atoms with E-state index >= 15 is 0 Å². The molecule has 0 radical (unpaired) electrons. The lowest BCUT2D eigenvalue weighted by atomic mass is 10.4. The lowest BCUT2D eigenvalue weighted by Gasteiger charge is -1.66. The highest BCUT2D eigenvalue weighted by molar-refractivity contribution is 5.55. The van der Waals surface area contributed by atoms with Gasteiger partial charge in [-0.25, -0.2) is 0 Å². The molecule has 2 heteroatoms. The van der Waals surface area contributed by atoms with E-state index in [9.17, 15) is 0 Å². The molecule has 0 aromatic carbocycles. The Bertz CT molecular complexity index is 98.6. The topological polar surface area (TPSA) is 49.9 Å². The van der Waals surface area contributed by atoms with E-state index in [2.05, 4.69) is 5.73 Å². The molecule has 0 amide bonds. The van der Waals surface area contributed by atoms with E-state index in [4.69, 9.17) is 11.1 Å². The highest BCUT2D eigenvalue weighted by Gasteiger charge is 1.59. The van der Waals surface area contributed by atoms with Crippen LogP contribution in [0.1, 0.15) is 6.42 Å². The first-order chi connectivity index (χ1) is 3.41. The van der Waals surface area contributed by atoms with Crippen molar-refractivity contribution in [3.8, 4) is 0 Å². The monoisotopic (exact) mass is 96.1 g/mol. The third-order valence-corrected chi connectivity index (χ3v) is 0.450. The second-order valence-electron chi connectivity index (χ2n) is 0.977. The fourth-order valence-corrected chi connectivity index (χ4v) is 0.195. The van der Waals surface area contributed by atoms with Gasteiger partial charge in [-0.05, 0) is 12.3 Å². The number of allylic oxidation sites excluding steroid dienone is 1. The molecule has 0 aliphatic heterocycles. The van der Waals surface area contributed by atoms with Crippen molar-refractivity contribution < 1.29 is 0 Å². The summed E-state index contributed by atoms with van der Waals surface area (Å²) in [5.74, 6) is 0. The highest BCUT2D eigenvalue weighted by atomic mass is 14.5. The Morgan fingerprint density at radius 1 is 1.71 bits per heavy atom. The molecule has 0 saturated carbocycles. The van der Waals surface area contributed by atoms with Crippen LogP contribution in [-0.2, 0) is 0 Å². The number of nitrogens with one attached hydrogen (secondary N) is 1. The predicted octanol–water partition coefficient (Wildman–Crippen LogP) is 0.654. The quantitative estimate of drug-likeness (QED) is 0.385. The second-order valence-corrected chi connectivity index (χ2v) is 0.977. The van der Waals surface area contributed by atoms with Crippen LogP contribution in [0.4, 0.5) is 0 Å². The highest BCUT2D eigenvalue weighted by Crippen LogP contribution is 1.69. The molecular weight excluding hydrogens is 88.1 g/mol. The van der Waals surface area contributed by atoms with E-state index < -0.39 is 0 Å². The molecule has 0 spiro atoms. The summed E-state index contributed by atoms with van der Waals surface area (Å²) in [6.45, 7) is 0. The summed E-state index contributed by atoms with van der Waals surface area (Å²) in [4.78, 5) is 0. The van der Waals surface area contributed by atoms with Crippen LogP contribution in [-0.4, -0.2) is 6.21 Å². The van der Waals surface area contributed by atoms with E-state index in [0.717, 1.165) is 0 Å². The summed E-state index contributed by atoms with van der Waals surface area (Å²) in [6, 6.07) is 0. The molecule has 0 bridgehead atoms. The zero-order chi connectivity index (χ0) is 5.54. The van der Waals surface area contributed by atoms with Crippen LogP contribution in [0.3, 0.4) is 0 Å². The van der Waals surface area contributed by atoms with E-state index in [1.54, 1.807) is 6.08 Å². The van der Waals surface area contributed by atoms with Crippen LogP contribution in [0, 0.1) is 5.41 Å². The Kier molecular flexibility index (Phi) is 4.27. The van der Waals surface area contributed by atoms with Gasteiger partial charge in [0.2, 0.25) is 0 Å². The minimum atomic E-state index is 0.619. The molecule has 2 nitrogen and oxygen atoms in total. The first-order valence-electron chi connectivity index (χ1n) is 2.02. The summed E-state index contributed by atoms with van der Waals surface area (Å²) in [6.07, 6.45) is 4.92. The smallest absolute Gasteiger partial charge is 0.0368 e. The zero-order valence-corrected chi connectivity index (χ0v) is 4.02. The first kappa shape index (κ1) is 5.99. The van der Waals surface area contributed by atoms with Crippen molar-refractivity contribution in [3.05, 3.63) is 18.0 Å². The summed E-state index contributed by atoms with van der Waals surface area (Å²) in [5.41, 5.74) is 7.55. The second kappa shape index (κ2) is 4.99. The number of hydrogen-bond donors (Lipinski definition) is 2. The van der Waals surface area contributed by atoms with Gasteiger partial charge >= 0.3 is 0 Å². The van der Waals surface area contributed by atoms with E-state index in [-0.39, 0.29) is 0 Å². The maximum atomic E-state index is 6.53. The molecule has 0 atom stereocenters. The van der Waals surface area contributed by atoms with Gasteiger partial charge in [-0.1, -0.05) is 0 Å². The lowest BCUT2D eigenvalue weighted by molar-refractivity contribution is 1.44. The molecule has 0 heterocycles. The van der Waals surface area contributed by atoms with Crippen molar-refractivity contribution in [2.75, 3.05) is 0 Å². The van der Waals surface area contributed by atoms with Crippen LogP contribution in [0.5, 0.6) is 0 Å². The van der Waals surface area contributed by atoms with Crippen molar-refractivity contribution in [2.24, 2.45) is 5.73 Å². The normalized spacial score (nSPS) is 6.29. The van der Waals surface area contributed by atoms with Crippen LogP contribution >= 0.6 is 0 Å². The van der Waals surface area contributed by atoms with Crippen LogP contribution < -0.4 is 5.73 Å². The van der Waals surface area contributed by atoms with Crippen LogP contribution in [0.15, 0.2) is 18.0 Å². The maximum absolute atomic E-state index is 6.53. The number of nitrogens with two attached hydrogens (primary N) is 1. The Balaban J connectivity index is 3.27. The van der Waals surface area contributed by atoms with Crippen molar-refractivity contribution in [1.82, 2.24) is 0 Å². The third-order valence-electron chi connectivity index (χ3n) is 0.450. The summed E-state index contributed by atoms with van der Waals surface area (Å²) < 4.78 is 0. The Morgan fingerprint density at radius 3 is 2.86 bits per heavy atom. The molecule has 0 aliphatic rings. The van der Waals surface area contributed by atoms with Crippen molar-refractivity contribution in [2.45, 2.75) is 6.42 Å². The molecule has 0 rings (SSSR count). The van der Waals surface area contributed by atoms with Crippen molar-refractivity contribution in [1.29, 1.82) is 5.41 Å². The summed E-state index contributed by atoms with van der Waals surface area (Å²) in [5, 5.41) is 6.53. The average molecular weight is 96.1 g/mol. The Hall–Kier alpha value is -1.01. The number of hydrogen-bond acceptors (Lipinski definition) is 2. The Labute approximate surface area is 42.8 Å². The molecular formula is C5H8N2. The van der Waals surface area contributed by atoms with Gasteiger partial charge in [0, 0.05) is 12.6 Å². The molecule has 3 N–H and O–H groups in total. The van der Waals surface area contributed by atoms with Gasteiger partial charge in [-0.3, -0.25) is 0 Å². The minimum absolute atomic E-state index is 0.619. The predicted molar refractivity (Wildman–Crippen MR) is 30.2 cm³/mol. The molecule has 0 fully saturated rings. The standard InChI is InChI=1S/C5H8N2/c6-4-2-1-3-5-7/h1,4-6H,2,7H2. The van der Waals surface area contributed by atoms with E-state index in [1.807, 2.05) is 0 Å². The van der Waals surface area contributed by atoms with Crippen molar-refractivity contribution >= 4 is 6.21 Å². The largest absolute Gasteiger partial charge is 0.398 e. The number of rotatable bonds is 2. The fraction of sp³-hybridized carbons (Fsp3) is 0.200. The van der Waals surface area contributed by atoms with Gasteiger partial charge in [0.1, 0.15) is 0 Å². The van der Waals surface area contributed by atoms with Crippen molar-refractivity contribution in [3.63, 3.8) is 0 Å². The van der Waals surface area contributed by atoms with Crippen LogP contribution in [0.25, 0.3) is 0 Å². The SMILES string of the molecule is N=CCC=C=CN. The molecule has 38 valence electrons. The molecule has 7 heavy (non-hydrogen) atoms. The molecule has 0 aromatic rings. The van der Waals surface area contributed by atoms with Gasteiger partial charge in [0.05, 0.1) is 0 Å². The summed E-state index contributed by atoms with van der Waals surface area (Å²) >= 11 is 0. The fourth-order valence-electron chi connectivity index (χ4n) is 0.195. The molecule has 0 saturated heterocycles. The third kappa shape index (κ3) is 4.99. The zero-order valence-electron chi connectivity index (χ0n) is 4.02. The van der Waals surface area contributed by atoms with Gasteiger partial charge in [-0.15, -0.1) is 5.73 Å². The first-order valence-corrected chi connectivity index (χ1v) is 2.02. The van der Waals surface area contributed by atoms with Crippen LogP contribution in [0.2, 0.25) is 0 Å². The van der Waals surface area contributed by atoms with E-state index in [0.29, 0.717) is 6.42 Å². The molecule has 0 aliphatic carbocycles. The van der Waals surface area contributed by atoms with Gasteiger partial charge in [0.15, 0.2) is 0 Å². The molecule has 0 unspecified atom stereocenters. The van der Waals surface area contributed by atoms with E-state index in [1.165, 1.54) is 12.4 Å². The molecule has 0 aromatic heterocycles. The Morgan fingerprint density at radius 2 is 2.43 bits per heavy atom.